The van der Waals surface area contributed by atoms with Gasteiger partial charge in [-0.15, -0.1) is 0 Å². The van der Waals surface area contributed by atoms with Gasteiger partial charge in [0, 0.05) is 17.7 Å². The molecule has 0 aromatic heterocycles. The number of carboxylic acid groups (broad SMARTS) is 1. The van der Waals surface area contributed by atoms with Crippen molar-refractivity contribution in [3.63, 3.8) is 0 Å². The van der Waals surface area contributed by atoms with E-state index in [0.29, 0.717) is 0 Å². The van der Waals surface area contributed by atoms with E-state index in [2.05, 4.69) is 15.9 Å². The highest BCUT2D eigenvalue weighted by molar-refractivity contribution is 9.10. The van der Waals surface area contributed by atoms with Crippen molar-refractivity contribution in [1.29, 1.82) is 0 Å². The number of nitro benzene ring substituents is 1. The van der Waals surface area contributed by atoms with E-state index in [9.17, 15) is 24.8 Å². The zero-order chi connectivity index (χ0) is 17.3. The first kappa shape index (κ1) is 17.4. The molecule has 0 unspecified atom stereocenters. The highest BCUT2D eigenvalue weighted by Gasteiger charge is 2.33. The number of thioether (sulfide) groups is 1. The van der Waals surface area contributed by atoms with Gasteiger partial charge in [-0.05, 0) is 22.0 Å². The number of non-ortho nitro benzene ring substituents is 1. The SMILES string of the molecule is O=C(O)CN1C(=O)C(=Cc2cc([N+](=O)[O-])cc(Br)c2O)SC1=S. The highest BCUT2D eigenvalue weighted by atomic mass is 79.9. The monoisotopic (exact) mass is 418 g/mol. The van der Waals surface area contributed by atoms with Crippen molar-refractivity contribution in [2.75, 3.05) is 6.54 Å². The lowest BCUT2D eigenvalue weighted by atomic mass is 10.1. The Bertz CT molecular complexity index is 779. The Morgan fingerprint density at radius 1 is 1.52 bits per heavy atom. The molecule has 0 saturated carbocycles. The third-order valence-electron chi connectivity index (χ3n) is 2.74. The number of rotatable bonds is 4. The molecular formula is C12H7BrN2O6S2. The van der Waals surface area contributed by atoms with Gasteiger partial charge in [-0.2, -0.15) is 0 Å². The Hall–Kier alpha value is -1.98. The van der Waals surface area contributed by atoms with Gasteiger partial charge in [-0.25, -0.2) is 0 Å². The van der Waals surface area contributed by atoms with E-state index in [1.807, 2.05) is 0 Å². The molecule has 120 valence electrons. The zero-order valence-electron chi connectivity index (χ0n) is 11.1. The molecule has 0 radical (unpaired) electrons. The number of aromatic hydroxyl groups is 1. The van der Waals surface area contributed by atoms with Crippen LogP contribution in [0.3, 0.4) is 0 Å². The molecule has 2 rings (SSSR count). The van der Waals surface area contributed by atoms with Crippen LogP contribution in [0.5, 0.6) is 5.75 Å². The van der Waals surface area contributed by atoms with Crippen LogP contribution >= 0.6 is 39.9 Å². The van der Waals surface area contributed by atoms with Gasteiger partial charge in [0.05, 0.1) is 14.3 Å². The number of phenols is 1. The van der Waals surface area contributed by atoms with Crippen LogP contribution in [0.25, 0.3) is 6.08 Å². The largest absolute Gasteiger partial charge is 0.506 e. The minimum atomic E-state index is -1.22. The summed E-state index contributed by atoms with van der Waals surface area (Å²) in [6, 6.07) is 2.23. The van der Waals surface area contributed by atoms with E-state index in [-0.39, 0.29) is 30.7 Å². The lowest BCUT2D eigenvalue weighted by molar-refractivity contribution is -0.385. The molecule has 1 heterocycles. The van der Waals surface area contributed by atoms with E-state index in [1.165, 1.54) is 6.08 Å². The van der Waals surface area contributed by atoms with Crippen LogP contribution in [0.15, 0.2) is 21.5 Å². The summed E-state index contributed by atoms with van der Waals surface area (Å²) in [5.41, 5.74) is -0.233. The maximum absolute atomic E-state index is 12.1. The van der Waals surface area contributed by atoms with Crippen molar-refractivity contribution >= 4 is 67.9 Å². The quantitative estimate of drug-likeness (QED) is 0.330. The molecule has 23 heavy (non-hydrogen) atoms. The third-order valence-corrected chi connectivity index (χ3v) is 4.72. The fourth-order valence-corrected chi connectivity index (χ4v) is 3.44. The standard InChI is InChI=1S/C12H7BrN2O6S2/c13-7-3-6(15(20)21)1-5(10(7)18)2-8-11(19)14(4-9(16)17)12(22)23-8/h1-3,18H,4H2,(H,16,17). The number of halogens is 1. The first-order valence-corrected chi connectivity index (χ1v) is 7.86. The number of carbonyl (C=O) groups excluding carboxylic acids is 1. The summed E-state index contributed by atoms with van der Waals surface area (Å²) < 4.78 is 0.159. The van der Waals surface area contributed by atoms with Gasteiger partial charge < -0.3 is 10.2 Å². The van der Waals surface area contributed by atoms with E-state index in [0.717, 1.165) is 28.8 Å². The lowest BCUT2D eigenvalue weighted by Gasteiger charge is -2.10. The third kappa shape index (κ3) is 3.68. The Morgan fingerprint density at radius 3 is 2.74 bits per heavy atom. The summed E-state index contributed by atoms with van der Waals surface area (Å²) in [6.45, 7) is -0.577. The molecule has 1 amide bonds. The predicted molar refractivity (Wildman–Crippen MR) is 90.0 cm³/mol. The van der Waals surface area contributed by atoms with E-state index < -0.39 is 23.3 Å². The average Bonchev–Trinajstić information content (AvgIpc) is 2.70. The molecule has 1 aliphatic rings. The van der Waals surface area contributed by atoms with E-state index in [4.69, 9.17) is 17.3 Å². The molecule has 0 bridgehead atoms. The van der Waals surface area contributed by atoms with Gasteiger partial charge in [-0.3, -0.25) is 24.6 Å². The van der Waals surface area contributed by atoms with Crippen molar-refractivity contribution in [2.24, 2.45) is 0 Å². The number of hydrogen-bond acceptors (Lipinski definition) is 7. The normalized spacial score (nSPS) is 16.2. The minimum absolute atomic E-state index is 0.0434. The Morgan fingerprint density at radius 2 is 2.17 bits per heavy atom. The molecule has 0 spiro atoms. The number of phenolic OH excluding ortho intramolecular Hbond substituents is 1. The number of aliphatic carboxylic acids is 1. The summed E-state index contributed by atoms with van der Waals surface area (Å²) in [5.74, 6) is -2.13. The first-order valence-electron chi connectivity index (χ1n) is 5.84. The number of carboxylic acids is 1. The molecule has 0 atom stereocenters. The number of thiocarbonyl (C=S) groups is 1. The number of nitrogens with zero attached hydrogens (tertiary/aromatic N) is 2. The second kappa shape index (κ2) is 6.64. The number of hydrogen-bond donors (Lipinski definition) is 2. The summed E-state index contributed by atoms with van der Waals surface area (Å²) in [5, 5.41) is 29.6. The van der Waals surface area contributed by atoms with Crippen LogP contribution in [0.1, 0.15) is 5.56 Å². The smallest absolute Gasteiger partial charge is 0.323 e. The van der Waals surface area contributed by atoms with Gasteiger partial charge in [0.2, 0.25) is 0 Å². The maximum atomic E-state index is 12.1. The average molecular weight is 419 g/mol. The van der Waals surface area contributed by atoms with E-state index >= 15 is 0 Å². The molecule has 11 heteroatoms. The molecule has 2 N–H and O–H groups in total. The van der Waals surface area contributed by atoms with Gasteiger partial charge in [-0.1, -0.05) is 24.0 Å². The summed E-state index contributed by atoms with van der Waals surface area (Å²) in [4.78, 5) is 34.0. The van der Waals surface area contributed by atoms with Crippen molar-refractivity contribution in [1.82, 2.24) is 4.90 Å². The number of carbonyl (C=O) groups is 2. The Balaban J connectivity index is 2.43. The predicted octanol–water partition coefficient (Wildman–Crippen LogP) is 2.35. The van der Waals surface area contributed by atoms with Crippen LogP contribution < -0.4 is 0 Å². The molecule has 1 aromatic rings. The van der Waals surface area contributed by atoms with Crippen LogP contribution in [0.4, 0.5) is 5.69 Å². The van der Waals surface area contributed by atoms with Gasteiger partial charge in [0.1, 0.15) is 16.6 Å². The van der Waals surface area contributed by atoms with Gasteiger partial charge in [0.25, 0.3) is 11.6 Å². The second-order valence-electron chi connectivity index (χ2n) is 4.28. The van der Waals surface area contributed by atoms with Crippen molar-refractivity contribution in [3.8, 4) is 5.75 Å². The second-order valence-corrected chi connectivity index (χ2v) is 6.81. The lowest BCUT2D eigenvalue weighted by Crippen LogP contribution is -2.33. The molecule has 1 saturated heterocycles. The topological polar surface area (TPSA) is 121 Å². The summed E-state index contributed by atoms with van der Waals surface area (Å²) >= 11 is 8.79. The maximum Gasteiger partial charge on any atom is 0.323 e. The van der Waals surface area contributed by atoms with Gasteiger partial charge in [0.15, 0.2) is 0 Å². The molecule has 1 aliphatic heterocycles. The summed E-state index contributed by atoms with van der Waals surface area (Å²) in [7, 11) is 0. The zero-order valence-corrected chi connectivity index (χ0v) is 14.3. The molecule has 1 aromatic carbocycles. The fraction of sp³-hybridized carbons (Fsp3) is 0.0833. The van der Waals surface area contributed by atoms with Crippen LogP contribution in [-0.4, -0.2) is 42.8 Å². The number of nitro groups is 1. The van der Waals surface area contributed by atoms with Crippen molar-refractivity contribution in [2.45, 2.75) is 0 Å². The molecule has 0 aliphatic carbocycles. The van der Waals surface area contributed by atoms with Gasteiger partial charge >= 0.3 is 5.97 Å². The Kier molecular flexibility index (Phi) is 5.02. The van der Waals surface area contributed by atoms with E-state index in [1.54, 1.807) is 0 Å². The highest BCUT2D eigenvalue weighted by Crippen LogP contribution is 2.38. The molecule has 8 nitrogen and oxygen atoms in total. The summed E-state index contributed by atoms with van der Waals surface area (Å²) in [6.07, 6.45) is 1.23. The van der Waals surface area contributed by atoms with Crippen molar-refractivity contribution < 1.29 is 24.7 Å². The minimum Gasteiger partial charge on any atom is -0.506 e. The fourth-order valence-electron chi connectivity index (χ4n) is 1.73. The Labute approximate surface area is 147 Å². The molecular weight excluding hydrogens is 412 g/mol. The number of benzene rings is 1. The first-order chi connectivity index (χ1) is 10.7. The number of amides is 1. The van der Waals surface area contributed by atoms with Crippen LogP contribution in [0, 0.1) is 10.1 Å². The molecule has 1 fully saturated rings. The van der Waals surface area contributed by atoms with Crippen LogP contribution in [0.2, 0.25) is 0 Å². The van der Waals surface area contributed by atoms with Crippen LogP contribution in [-0.2, 0) is 9.59 Å². The van der Waals surface area contributed by atoms with Crippen molar-refractivity contribution in [3.05, 3.63) is 37.2 Å².